The van der Waals surface area contributed by atoms with E-state index in [-0.39, 0.29) is 6.71 Å². The third kappa shape index (κ3) is 6.65. The van der Waals surface area contributed by atoms with E-state index in [9.17, 15) is 0 Å². The second kappa shape index (κ2) is 17.8. The fourth-order valence-corrected chi connectivity index (χ4v) is 14.6. The normalized spacial score (nSPS) is 12.5. The van der Waals surface area contributed by atoms with Crippen LogP contribution in [0.4, 0.5) is 17.1 Å². The van der Waals surface area contributed by atoms with Crippen LogP contribution in [-0.4, -0.2) is 20.4 Å². The van der Waals surface area contributed by atoms with E-state index < -0.39 is 0 Å². The molecule has 0 saturated heterocycles. The lowest BCUT2D eigenvalue weighted by atomic mass is 9.33. The lowest BCUT2D eigenvalue weighted by Crippen LogP contribution is -2.60. The summed E-state index contributed by atoms with van der Waals surface area (Å²) >= 11 is 0. The lowest BCUT2D eigenvalue weighted by molar-refractivity contribution is 1.13. The second-order valence-corrected chi connectivity index (χ2v) is 22.3. The van der Waals surface area contributed by atoms with Crippen molar-refractivity contribution in [2.45, 2.75) is 0 Å². The van der Waals surface area contributed by atoms with Crippen molar-refractivity contribution in [1.82, 2.24) is 13.7 Å². The van der Waals surface area contributed by atoms with Crippen LogP contribution in [0.5, 0.6) is 0 Å². The first-order valence-electron chi connectivity index (χ1n) is 28.8. The van der Waals surface area contributed by atoms with Gasteiger partial charge in [0.25, 0.3) is 6.71 Å². The molecule has 0 atom stereocenters. The number of nitrogens with zero attached hydrogens (tertiary/aromatic N) is 4. The zero-order chi connectivity index (χ0) is 54.3. The molecule has 0 fully saturated rings. The predicted molar refractivity (Wildman–Crippen MR) is 351 cm³/mol. The Kier molecular flexibility index (Phi) is 9.86. The fraction of sp³-hybridized carbons (Fsp3) is 0. The highest BCUT2D eigenvalue weighted by molar-refractivity contribution is 7.00. The van der Waals surface area contributed by atoms with Crippen molar-refractivity contribution in [3.8, 4) is 61.6 Å². The molecule has 2 aliphatic rings. The Morgan fingerprint density at radius 1 is 0.241 bits per heavy atom. The molecule has 384 valence electrons. The molecule has 0 aliphatic carbocycles. The summed E-state index contributed by atoms with van der Waals surface area (Å²) in [6.07, 6.45) is 0. The van der Waals surface area contributed by atoms with E-state index >= 15 is 0 Å². The Bertz CT molecular complexity index is 5220. The van der Waals surface area contributed by atoms with Crippen LogP contribution in [0.1, 0.15) is 0 Å². The number of rotatable bonds is 7. The van der Waals surface area contributed by atoms with Gasteiger partial charge >= 0.3 is 0 Å². The summed E-state index contributed by atoms with van der Waals surface area (Å²) in [7, 11) is 0. The molecule has 2 aliphatic heterocycles. The number of benzene rings is 13. The molecule has 0 unspecified atom stereocenters. The van der Waals surface area contributed by atoms with Gasteiger partial charge in [-0.1, -0.05) is 224 Å². The van der Waals surface area contributed by atoms with Gasteiger partial charge in [-0.25, -0.2) is 0 Å². The van der Waals surface area contributed by atoms with Gasteiger partial charge in [-0.15, -0.1) is 0 Å². The first-order chi connectivity index (χ1) is 41.2. The minimum absolute atomic E-state index is 0.163. The molecule has 16 aromatic rings. The molecule has 4 nitrogen and oxygen atoms in total. The third-order valence-corrected chi connectivity index (χ3v) is 18.0. The summed E-state index contributed by atoms with van der Waals surface area (Å²) in [5, 5.41) is 7.34. The second-order valence-electron chi connectivity index (χ2n) is 22.3. The number of para-hydroxylation sites is 7. The van der Waals surface area contributed by atoms with Crippen molar-refractivity contribution in [3.05, 3.63) is 297 Å². The van der Waals surface area contributed by atoms with Crippen LogP contribution in [0.25, 0.3) is 127 Å². The monoisotopic (exact) mass is 1050 g/mol. The van der Waals surface area contributed by atoms with Crippen LogP contribution in [0.15, 0.2) is 297 Å². The summed E-state index contributed by atoms with van der Waals surface area (Å²) in [6.45, 7) is -0.163. The van der Waals surface area contributed by atoms with Gasteiger partial charge in [0.1, 0.15) is 0 Å². The van der Waals surface area contributed by atoms with Crippen molar-refractivity contribution in [2.75, 3.05) is 4.90 Å². The molecule has 5 heteroatoms. The highest BCUT2D eigenvalue weighted by atomic mass is 15.2. The van der Waals surface area contributed by atoms with Crippen LogP contribution >= 0.6 is 0 Å². The average Bonchev–Trinajstić information content (AvgIpc) is 1.76. The average molecular weight is 1050 g/mol. The SMILES string of the molecule is c1ccc(-c2cccc(-c3cccc(-c4cccc(-c5ccccc5)c4)c3N3c4cc5c6ccccc6n(-c6ccccc6)c5cc4B4c5c3cc3c6ccccc6n(-c6ccccc6)c3c5-n3c5ccccc5c5cccc4c53)c2)cc1. The zero-order valence-electron chi connectivity index (χ0n) is 45.2. The maximum Gasteiger partial charge on any atom is 0.252 e. The summed E-state index contributed by atoms with van der Waals surface area (Å²) in [5.41, 5.74) is 27.3. The summed E-state index contributed by atoms with van der Waals surface area (Å²) in [4.78, 5) is 2.71. The Hall–Kier alpha value is -10.9. The van der Waals surface area contributed by atoms with Crippen molar-refractivity contribution in [2.24, 2.45) is 0 Å². The van der Waals surface area contributed by atoms with Gasteiger partial charge in [-0.05, 0) is 123 Å². The van der Waals surface area contributed by atoms with Gasteiger partial charge in [-0.2, -0.15) is 0 Å². The van der Waals surface area contributed by atoms with E-state index in [1.165, 1.54) is 115 Å². The van der Waals surface area contributed by atoms with Crippen LogP contribution in [0.2, 0.25) is 0 Å². The number of anilines is 3. The first-order valence-corrected chi connectivity index (χ1v) is 28.8. The summed E-state index contributed by atoms with van der Waals surface area (Å²) in [5.74, 6) is 0. The molecule has 0 bridgehead atoms. The van der Waals surface area contributed by atoms with Gasteiger partial charge < -0.3 is 18.6 Å². The van der Waals surface area contributed by atoms with Gasteiger partial charge in [0, 0.05) is 71.7 Å². The van der Waals surface area contributed by atoms with E-state index in [0.29, 0.717) is 0 Å². The molecule has 18 rings (SSSR count). The Morgan fingerprint density at radius 3 is 1.30 bits per heavy atom. The quantitative estimate of drug-likeness (QED) is 0.146. The molecule has 0 radical (unpaired) electrons. The zero-order valence-corrected chi connectivity index (χ0v) is 45.2. The van der Waals surface area contributed by atoms with Crippen molar-refractivity contribution < 1.29 is 0 Å². The largest absolute Gasteiger partial charge is 0.310 e. The van der Waals surface area contributed by atoms with E-state index in [4.69, 9.17) is 0 Å². The number of hydrogen-bond acceptors (Lipinski definition) is 1. The topological polar surface area (TPSA) is 18.0 Å². The van der Waals surface area contributed by atoms with Crippen molar-refractivity contribution in [3.63, 3.8) is 0 Å². The van der Waals surface area contributed by atoms with Gasteiger partial charge in [0.05, 0.1) is 39.0 Å². The maximum absolute atomic E-state index is 2.71. The van der Waals surface area contributed by atoms with Crippen molar-refractivity contribution >= 4 is 106 Å². The van der Waals surface area contributed by atoms with Crippen LogP contribution in [0, 0.1) is 0 Å². The lowest BCUT2D eigenvalue weighted by Gasteiger charge is -2.42. The molecule has 3 aromatic heterocycles. The van der Waals surface area contributed by atoms with Gasteiger partial charge in [0.15, 0.2) is 0 Å². The van der Waals surface area contributed by atoms with Crippen LogP contribution in [-0.2, 0) is 0 Å². The first kappa shape index (κ1) is 45.9. The predicted octanol–water partition coefficient (Wildman–Crippen LogP) is 18.3. The molecule has 0 spiro atoms. The third-order valence-electron chi connectivity index (χ3n) is 18.0. The van der Waals surface area contributed by atoms with Gasteiger partial charge in [0.2, 0.25) is 0 Å². The molecule has 5 heterocycles. The van der Waals surface area contributed by atoms with Crippen LogP contribution in [0.3, 0.4) is 0 Å². The Labute approximate surface area is 480 Å². The summed E-state index contributed by atoms with van der Waals surface area (Å²) < 4.78 is 7.69. The highest BCUT2D eigenvalue weighted by Gasteiger charge is 2.45. The van der Waals surface area contributed by atoms with E-state index in [0.717, 1.165) is 45.0 Å². The summed E-state index contributed by atoms with van der Waals surface area (Å²) in [6, 6.07) is 111. The van der Waals surface area contributed by atoms with E-state index in [1.54, 1.807) is 0 Å². The molecule has 0 N–H and O–H groups in total. The minimum atomic E-state index is -0.163. The smallest absolute Gasteiger partial charge is 0.252 e. The molecule has 0 saturated carbocycles. The molecular weight excluding hydrogens is 1000 g/mol. The Balaban J connectivity index is 1.06. The number of aromatic nitrogens is 3. The Morgan fingerprint density at radius 2 is 0.687 bits per heavy atom. The van der Waals surface area contributed by atoms with E-state index in [2.05, 4.69) is 316 Å². The number of hydrogen-bond donors (Lipinski definition) is 0. The molecular formula is C78H49BN4. The number of fused-ring (bicyclic) bond motifs is 14. The molecule has 0 amide bonds. The highest BCUT2D eigenvalue weighted by Crippen LogP contribution is 2.53. The van der Waals surface area contributed by atoms with E-state index in [1.807, 2.05) is 0 Å². The standard InChI is InChI=1S/C78H49BN4/c1-5-23-50(24-6-1)52-27-19-29-54(45-52)58-38-21-39-59(55-30-20-28-53(46-55)51-25-7-2-8-26-51)75(58)82-72-47-64-61-36-14-16-42-68(61)80(56-31-9-3-10-32-56)71(64)49-67(72)79-66-41-22-40-63-60-35-13-18-44-70(60)83(76(63)66)78-74(79)73(82)48-65-62-37-15-17-43-69(62)81(77(65)78)57-33-11-4-12-34-57/h1-49H. The molecule has 83 heavy (non-hydrogen) atoms. The van der Waals surface area contributed by atoms with Crippen LogP contribution < -0.4 is 21.3 Å². The molecule has 13 aromatic carbocycles. The minimum Gasteiger partial charge on any atom is -0.310 e. The maximum atomic E-state index is 2.71. The van der Waals surface area contributed by atoms with Crippen molar-refractivity contribution in [1.29, 1.82) is 0 Å². The van der Waals surface area contributed by atoms with Gasteiger partial charge in [-0.3, -0.25) is 0 Å². The fourth-order valence-electron chi connectivity index (χ4n) is 14.6.